The van der Waals surface area contributed by atoms with Gasteiger partial charge in [0.15, 0.2) is 0 Å². The van der Waals surface area contributed by atoms with Gasteiger partial charge in [0.05, 0.1) is 0 Å². The van der Waals surface area contributed by atoms with E-state index in [-0.39, 0.29) is 21.4 Å². The standard InChI is InChI=1S/C15H15AsNO3/c1-16-10-13-7-8-14(17(18)19)15(9-13)20-11-12-5-3-2-4-6-12/h2-9H,10-11H2,1H3. The molecule has 20 heavy (non-hydrogen) atoms. The zero-order valence-electron chi connectivity index (χ0n) is 11.2. The Kier molecular flexibility index (Phi) is 5.19. The van der Waals surface area contributed by atoms with Crippen LogP contribution in [-0.2, 0) is 11.8 Å². The zero-order valence-corrected chi connectivity index (χ0v) is 13.0. The Bertz CT molecular complexity index is 587. The average Bonchev–Trinajstić information content (AvgIpc) is 2.46. The molecule has 0 saturated heterocycles. The van der Waals surface area contributed by atoms with Crippen LogP contribution in [-0.4, -0.2) is 20.7 Å². The molecule has 0 spiro atoms. The van der Waals surface area contributed by atoms with Gasteiger partial charge in [0.25, 0.3) is 0 Å². The average molecular weight is 332 g/mol. The van der Waals surface area contributed by atoms with Gasteiger partial charge in [-0.25, -0.2) is 0 Å². The number of hydrogen-bond acceptors (Lipinski definition) is 3. The van der Waals surface area contributed by atoms with Gasteiger partial charge in [-0.1, -0.05) is 0 Å². The summed E-state index contributed by atoms with van der Waals surface area (Å²) in [5, 5.41) is 12.0. The molecule has 2 aromatic rings. The normalized spacial score (nSPS) is 10.8. The van der Waals surface area contributed by atoms with E-state index in [0.29, 0.717) is 12.4 Å². The first-order chi connectivity index (χ1) is 9.70. The van der Waals surface area contributed by atoms with Gasteiger partial charge in [0, 0.05) is 0 Å². The maximum atomic E-state index is 11.0. The number of rotatable bonds is 6. The van der Waals surface area contributed by atoms with Gasteiger partial charge in [-0.3, -0.25) is 0 Å². The molecular formula is C15H15AsNO3. The monoisotopic (exact) mass is 332 g/mol. The Hall–Kier alpha value is -1.80. The van der Waals surface area contributed by atoms with Gasteiger partial charge in [-0.2, -0.15) is 0 Å². The Morgan fingerprint density at radius 2 is 1.90 bits per heavy atom. The number of hydrogen-bond donors (Lipinski definition) is 0. The van der Waals surface area contributed by atoms with E-state index in [2.05, 4.69) is 5.71 Å². The topological polar surface area (TPSA) is 52.4 Å². The Morgan fingerprint density at radius 1 is 1.15 bits per heavy atom. The van der Waals surface area contributed by atoms with Crippen LogP contribution >= 0.6 is 0 Å². The van der Waals surface area contributed by atoms with Gasteiger partial charge in [-0.15, -0.1) is 0 Å². The van der Waals surface area contributed by atoms with Crippen LogP contribution in [0.5, 0.6) is 5.75 Å². The van der Waals surface area contributed by atoms with Crippen molar-refractivity contribution in [3.05, 3.63) is 69.8 Å². The molecule has 1 radical (unpaired) electrons. The molecule has 0 amide bonds. The zero-order chi connectivity index (χ0) is 14.4. The third-order valence-corrected chi connectivity index (χ3v) is 4.23. The van der Waals surface area contributed by atoms with E-state index in [9.17, 15) is 10.1 Å². The number of benzene rings is 2. The van der Waals surface area contributed by atoms with Crippen LogP contribution in [0.2, 0.25) is 5.71 Å². The predicted octanol–water partition coefficient (Wildman–Crippen LogP) is 3.43. The molecule has 2 rings (SSSR count). The van der Waals surface area contributed by atoms with Crippen LogP contribution in [0, 0.1) is 10.1 Å². The summed E-state index contributed by atoms with van der Waals surface area (Å²) in [5.41, 5.74) is 4.29. The molecule has 0 bridgehead atoms. The second-order valence-corrected chi connectivity index (χ2v) is 6.30. The van der Waals surface area contributed by atoms with E-state index in [0.717, 1.165) is 16.3 Å². The second kappa shape index (κ2) is 7.11. The van der Waals surface area contributed by atoms with E-state index < -0.39 is 4.92 Å². The van der Waals surface area contributed by atoms with E-state index in [4.69, 9.17) is 4.74 Å². The van der Waals surface area contributed by atoms with Crippen LogP contribution in [0.1, 0.15) is 11.1 Å². The van der Waals surface area contributed by atoms with Crippen LogP contribution in [0.3, 0.4) is 0 Å². The predicted molar refractivity (Wildman–Crippen MR) is 79.2 cm³/mol. The maximum absolute atomic E-state index is 11.0. The molecule has 2 aromatic carbocycles. The van der Waals surface area contributed by atoms with Crippen LogP contribution in [0.15, 0.2) is 48.5 Å². The van der Waals surface area contributed by atoms with Crippen molar-refractivity contribution in [3.63, 3.8) is 0 Å². The summed E-state index contributed by atoms with van der Waals surface area (Å²) in [6, 6.07) is 14.8. The first kappa shape index (κ1) is 14.6. The summed E-state index contributed by atoms with van der Waals surface area (Å²) in [4.78, 5) is 10.6. The van der Waals surface area contributed by atoms with Gasteiger partial charge in [0.1, 0.15) is 0 Å². The third-order valence-electron chi connectivity index (χ3n) is 2.80. The van der Waals surface area contributed by atoms with Crippen molar-refractivity contribution < 1.29 is 9.66 Å². The van der Waals surface area contributed by atoms with Crippen LogP contribution < -0.4 is 4.74 Å². The SMILES string of the molecule is C[As]Cc1ccc([N+](=O)[O-])c(OCc2ccccc2)c1. The molecule has 0 N–H and O–H groups in total. The van der Waals surface area contributed by atoms with Gasteiger partial charge in [0.2, 0.25) is 0 Å². The third kappa shape index (κ3) is 3.84. The fourth-order valence-electron chi connectivity index (χ4n) is 1.84. The molecule has 0 atom stereocenters. The molecule has 0 fully saturated rings. The van der Waals surface area contributed by atoms with Crippen molar-refractivity contribution >= 4 is 21.4 Å². The number of nitrogens with zero attached hydrogens (tertiary/aromatic N) is 1. The summed E-state index contributed by atoms with van der Waals surface area (Å²) >= 11 is 0.241. The molecular weight excluding hydrogens is 317 g/mol. The van der Waals surface area contributed by atoms with Crippen LogP contribution in [0.25, 0.3) is 0 Å². The summed E-state index contributed by atoms with van der Waals surface area (Å²) in [7, 11) is 0. The minimum absolute atomic E-state index is 0.0250. The molecule has 4 nitrogen and oxygen atoms in total. The van der Waals surface area contributed by atoms with Crippen LogP contribution in [0.4, 0.5) is 5.69 Å². The van der Waals surface area contributed by atoms with E-state index >= 15 is 0 Å². The molecule has 0 heterocycles. The van der Waals surface area contributed by atoms with Gasteiger partial charge in [-0.05, 0) is 0 Å². The van der Waals surface area contributed by atoms with Crippen molar-refractivity contribution in [1.82, 2.24) is 0 Å². The minimum atomic E-state index is -0.399. The Labute approximate surface area is 124 Å². The molecule has 0 saturated carbocycles. The van der Waals surface area contributed by atoms with Gasteiger partial charge >= 0.3 is 124 Å². The summed E-state index contributed by atoms with van der Waals surface area (Å²) in [6.07, 6.45) is 0. The van der Waals surface area contributed by atoms with Gasteiger partial charge < -0.3 is 0 Å². The quantitative estimate of drug-likeness (QED) is 0.463. The number of nitro benzene ring substituents is 1. The van der Waals surface area contributed by atoms with E-state index in [1.165, 1.54) is 6.07 Å². The van der Waals surface area contributed by atoms with Crippen molar-refractivity contribution in [3.8, 4) is 5.75 Å². The molecule has 0 aliphatic heterocycles. The molecule has 0 aliphatic carbocycles. The summed E-state index contributed by atoms with van der Waals surface area (Å²) in [5.74, 6) is 0.353. The van der Waals surface area contributed by atoms with Crippen molar-refractivity contribution in [2.45, 2.75) is 17.5 Å². The molecule has 0 aromatic heterocycles. The number of nitro groups is 1. The van der Waals surface area contributed by atoms with Crippen molar-refractivity contribution in [2.24, 2.45) is 0 Å². The van der Waals surface area contributed by atoms with E-state index in [1.54, 1.807) is 6.07 Å². The first-order valence-corrected chi connectivity index (χ1v) is 9.40. The van der Waals surface area contributed by atoms with Crippen molar-refractivity contribution in [2.75, 3.05) is 0 Å². The Morgan fingerprint density at radius 3 is 2.55 bits per heavy atom. The fourth-order valence-corrected chi connectivity index (χ4v) is 3.02. The first-order valence-electron chi connectivity index (χ1n) is 6.20. The molecule has 0 unspecified atom stereocenters. The number of ether oxygens (including phenoxy) is 1. The molecule has 103 valence electrons. The Balaban J connectivity index is 2.19. The fraction of sp³-hybridized carbons (Fsp3) is 0.200. The summed E-state index contributed by atoms with van der Waals surface area (Å²) in [6.45, 7) is 0.338. The van der Waals surface area contributed by atoms with Crippen molar-refractivity contribution in [1.29, 1.82) is 0 Å². The van der Waals surface area contributed by atoms with E-state index in [1.807, 2.05) is 36.4 Å². The molecule has 0 aliphatic rings. The second-order valence-electron chi connectivity index (χ2n) is 4.31. The molecule has 5 heteroatoms. The summed E-state index contributed by atoms with van der Waals surface area (Å²) < 4.78 is 5.64.